The van der Waals surface area contributed by atoms with Crippen molar-refractivity contribution in [2.45, 2.75) is 13.0 Å². The van der Waals surface area contributed by atoms with Crippen LogP contribution in [0.5, 0.6) is 11.5 Å². The van der Waals surface area contributed by atoms with E-state index in [9.17, 15) is 18.0 Å². The number of amides is 2. The summed E-state index contributed by atoms with van der Waals surface area (Å²) in [6.45, 7) is 3.57. The van der Waals surface area contributed by atoms with Crippen LogP contribution in [-0.2, 0) is 21.4 Å². The molecular weight excluding hydrogens is 434 g/mol. The first-order chi connectivity index (χ1) is 15.4. The summed E-state index contributed by atoms with van der Waals surface area (Å²) in [5, 5.41) is 0. The Hall–Kier alpha value is -3.11. The van der Waals surface area contributed by atoms with Gasteiger partial charge in [0.05, 0.1) is 11.4 Å². The monoisotopic (exact) mass is 457 g/mol. The molecule has 2 fully saturated rings. The minimum atomic E-state index is -3.66. The first-order valence-electron chi connectivity index (χ1n) is 10.5. The standard InChI is InChI=1S/C22H23N3O6S/c26-21-6-11-32(28,29)25(21)18-3-1-2-17(13-18)22(27)24-9-7-23(8-10-24)14-16-4-5-19-20(12-16)31-15-30-19/h1-5,12-13H,6-11,14-15H2. The molecule has 168 valence electrons. The van der Waals surface area contributed by atoms with Crippen molar-refractivity contribution in [1.29, 1.82) is 0 Å². The van der Waals surface area contributed by atoms with Gasteiger partial charge in [0.15, 0.2) is 11.5 Å². The van der Waals surface area contributed by atoms with Gasteiger partial charge in [-0.3, -0.25) is 14.5 Å². The SMILES string of the molecule is O=C(c1cccc(N2C(=O)CCS2(=O)=O)c1)N1CCN(Cc2ccc3c(c2)OCO3)CC1. The highest BCUT2D eigenvalue weighted by molar-refractivity contribution is 7.94. The zero-order valence-corrected chi connectivity index (χ0v) is 18.2. The third kappa shape index (κ3) is 3.91. The van der Waals surface area contributed by atoms with Gasteiger partial charge in [-0.2, -0.15) is 0 Å². The molecule has 0 saturated carbocycles. The van der Waals surface area contributed by atoms with E-state index < -0.39 is 15.9 Å². The smallest absolute Gasteiger partial charge is 0.254 e. The lowest BCUT2D eigenvalue weighted by Crippen LogP contribution is -2.48. The van der Waals surface area contributed by atoms with Gasteiger partial charge in [-0.05, 0) is 35.9 Å². The van der Waals surface area contributed by atoms with Crippen LogP contribution in [0.15, 0.2) is 42.5 Å². The zero-order valence-electron chi connectivity index (χ0n) is 17.4. The number of carbonyl (C=O) groups excluding carboxylic acids is 2. The van der Waals surface area contributed by atoms with Crippen LogP contribution < -0.4 is 13.8 Å². The van der Waals surface area contributed by atoms with Crippen molar-refractivity contribution in [2.24, 2.45) is 0 Å². The fourth-order valence-corrected chi connectivity index (χ4v) is 5.67. The van der Waals surface area contributed by atoms with E-state index in [-0.39, 0.29) is 30.6 Å². The van der Waals surface area contributed by atoms with Crippen LogP contribution in [0.25, 0.3) is 0 Å². The Morgan fingerprint density at radius 1 is 0.969 bits per heavy atom. The minimum absolute atomic E-state index is 0.0359. The summed E-state index contributed by atoms with van der Waals surface area (Å²) in [5.74, 6) is 0.685. The van der Waals surface area contributed by atoms with Gasteiger partial charge in [-0.25, -0.2) is 12.7 Å². The number of nitrogens with zero attached hydrogens (tertiary/aromatic N) is 3. The second-order valence-electron chi connectivity index (χ2n) is 8.03. The van der Waals surface area contributed by atoms with Crippen molar-refractivity contribution < 1.29 is 27.5 Å². The highest BCUT2D eigenvalue weighted by Gasteiger charge is 2.36. The van der Waals surface area contributed by atoms with Crippen LogP contribution in [0.1, 0.15) is 22.3 Å². The second-order valence-corrected chi connectivity index (χ2v) is 9.97. The highest BCUT2D eigenvalue weighted by Crippen LogP contribution is 2.33. The van der Waals surface area contributed by atoms with Crippen LogP contribution >= 0.6 is 0 Å². The van der Waals surface area contributed by atoms with Crippen molar-refractivity contribution in [3.63, 3.8) is 0 Å². The first kappa shape index (κ1) is 20.8. The summed E-state index contributed by atoms with van der Waals surface area (Å²) in [7, 11) is -3.66. The van der Waals surface area contributed by atoms with Crippen LogP contribution in [0, 0.1) is 0 Å². The molecule has 0 spiro atoms. The molecule has 0 atom stereocenters. The molecule has 9 nitrogen and oxygen atoms in total. The lowest BCUT2D eigenvalue weighted by atomic mass is 10.1. The number of piperazine rings is 1. The molecule has 32 heavy (non-hydrogen) atoms. The van der Waals surface area contributed by atoms with Gasteiger partial charge in [0.25, 0.3) is 5.91 Å². The third-order valence-corrected chi connectivity index (χ3v) is 7.60. The molecule has 0 aliphatic carbocycles. The molecule has 0 bridgehead atoms. The number of anilines is 1. The molecule has 3 heterocycles. The Morgan fingerprint density at radius 2 is 1.75 bits per heavy atom. The third-order valence-electron chi connectivity index (χ3n) is 5.91. The molecule has 0 radical (unpaired) electrons. The Balaban J connectivity index is 1.23. The molecule has 2 aromatic rings. The van der Waals surface area contributed by atoms with Gasteiger partial charge in [0.1, 0.15) is 0 Å². The van der Waals surface area contributed by atoms with Crippen LogP contribution in [-0.4, -0.2) is 68.8 Å². The lowest BCUT2D eigenvalue weighted by Gasteiger charge is -2.35. The topological polar surface area (TPSA) is 96.5 Å². The molecule has 0 N–H and O–H groups in total. The molecule has 5 rings (SSSR count). The van der Waals surface area contributed by atoms with Gasteiger partial charge in [0, 0.05) is 44.7 Å². The predicted octanol–water partition coefficient (Wildman–Crippen LogP) is 1.44. The molecule has 2 aromatic carbocycles. The number of sulfonamides is 1. The fourth-order valence-electron chi connectivity index (χ4n) is 4.22. The van der Waals surface area contributed by atoms with Crippen molar-refractivity contribution in [3.05, 3.63) is 53.6 Å². The second kappa shape index (κ2) is 8.10. The van der Waals surface area contributed by atoms with Crippen LogP contribution in [0.3, 0.4) is 0 Å². The van der Waals surface area contributed by atoms with E-state index in [0.717, 1.165) is 41.0 Å². The molecule has 3 aliphatic heterocycles. The van der Waals surface area contributed by atoms with E-state index in [2.05, 4.69) is 4.90 Å². The number of fused-ring (bicyclic) bond motifs is 1. The number of benzene rings is 2. The van der Waals surface area contributed by atoms with Crippen LogP contribution in [0.2, 0.25) is 0 Å². The number of ether oxygens (including phenoxy) is 2. The molecule has 10 heteroatoms. The Labute approximate surface area is 186 Å². The number of carbonyl (C=O) groups is 2. The summed E-state index contributed by atoms with van der Waals surface area (Å²) >= 11 is 0. The lowest BCUT2D eigenvalue weighted by molar-refractivity contribution is -0.116. The first-order valence-corrected chi connectivity index (χ1v) is 12.1. The largest absolute Gasteiger partial charge is 0.454 e. The predicted molar refractivity (Wildman–Crippen MR) is 116 cm³/mol. The number of rotatable bonds is 4. The summed E-state index contributed by atoms with van der Waals surface area (Å²) in [5.41, 5.74) is 1.72. The fraction of sp³-hybridized carbons (Fsp3) is 0.364. The van der Waals surface area contributed by atoms with E-state index in [1.807, 2.05) is 18.2 Å². The van der Waals surface area contributed by atoms with Crippen molar-refractivity contribution in [2.75, 3.05) is 43.0 Å². The van der Waals surface area contributed by atoms with E-state index >= 15 is 0 Å². The summed E-state index contributed by atoms with van der Waals surface area (Å²) in [6, 6.07) is 12.2. The highest BCUT2D eigenvalue weighted by atomic mass is 32.2. The summed E-state index contributed by atoms with van der Waals surface area (Å²) in [4.78, 5) is 29.1. The maximum atomic E-state index is 13.0. The van der Waals surface area contributed by atoms with Crippen molar-refractivity contribution in [3.8, 4) is 11.5 Å². The van der Waals surface area contributed by atoms with E-state index in [0.29, 0.717) is 18.7 Å². The number of hydrogen-bond donors (Lipinski definition) is 0. The molecule has 0 unspecified atom stereocenters. The Morgan fingerprint density at radius 3 is 2.50 bits per heavy atom. The molecule has 3 aliphatic rings. The van der Waals surface area contributed by atoms with Gasteiger partial charge < -0.3 is 14.4 Å². The minimum Gasteiger partial charge on any atom is -0.454 e. The molecule has 0 aromatic heterocycles. The maximum Gasteiger partial charge on any atom is 0.254 e. The Bertz CT molecular complexity index is 1170. The quantitative estimate of drug-likeness (QED) is 0.685. The Kier molecular flexibility index (Phi) is 5.26. The van der Waals surface area contributed by atoms with Crippen molar-refractivity contribution >= 4 is 27.5 Å². The van der Waals surface area contributed by atoms with E-state index in [4.69, 9.17) is 9.47 Å². The van der Waals surface area contributed by atoms with E-state index in [1.165, 1.54) is 6.07 Å². The van der Waals surface area contributed by atoms with Gasteiger partial charge >= 0.3 is 0 Å². The maximum absolute atomic E-state index is 13.0. The molecule has 2 amide bonds. The molecular formula is C22H23N3O6S. The van der Waals surface area contributed by atoms with Gasteiger partial charge in [-0.15, -0.1) is 0 Å². The average molecular weight is 458 g/mol. The van der Waals surface area contributed by atoms with Gasteiger partial charge in [-0.1, -0.05) is 12.1 Å². The average Bonchev–Trinajstić information content (AvgIpc) is 3.36. The summed E-state index contributed by atoms with van der Waals surface area (Å²) < 4.78 is 36.0. The van der Waals surface area contributed by atoms with E-state index in [1.54, 1.807) is 23.1 Å². The van der Waals surface area contributed by atoms with Gasteiger partial charge in [0.2, 0.25) is 22.7 Å². The molecule has 2 saturated heterocycles. The number of hydrogen-bond acceptors (Lipinski definition) is 7. The zero-order chi connectivity index (χ0) is 22.3. The van der Waals surface area contributed by atoms with Crippen LogP contribution in [0.4, 0.5) is 5.69 Å². The summed E-state index contributed by atoms with van der Waals surface area (Å²) in [6.07, 6.45) is -0.0359. The normalized spacial score (nSPS) is 20.1. The van der Waals surface area contributed by atoms with Crippen molar-refractivity contribution in [1.82, 2.24) is 9.80 Å².